The summed E-state index contributed by atoms with van der Waals surface area (Å²) in [5, 5.41) is 6.49. The van der Waals surface area contributed by atoms with Crippen molar-refractivity contribution in [3.05, 3.63) is 95.1 Å². The van der Waals surface area contributed by atoms with Gasteiger partial charge in [-0.15, -0.1) is 0 Å². The van der Waals surface area contributed by atoms with Gasteiger partial charge in [0.05, 0.1) is 32.5 Å². The lowest BCUT2D eigenvalue weighted by molar-refractivity contribution is -0.134. The third kappa shape index (κ3) is 4.41. The standard InChI is InChI=1S/C28H29N3O3/c1-33-23-12-13-24(27(16-23)34-2)26-17-25(21-9-4-3-5-10-21)29-31(26)28(32)19-30-15-14-20-8-6-7-11-22(20)18-30/h3-13,16,26H,14-15,17-19H2,1-2H3/t26-/m1/s1. The first-order chi connectivity index (χ1) is 16.7. The minimum atomic E-state index is -0.236. The van der Waals surface area contributed by atoms with Gasteiger partial charge in [0.25, 0.3) is 5.91 Å². The number of hydrogen-bond acceptors (Lipinski definition) is 5. The highest BCUT2D eigenvalue weighted by molar-refractivity contribution is 6.03. The third-order valence-corrected chi connectivity index (χ3v) is 6.64. The molecule has 0 saturated heterocycles. The van der Waals surface area contributed by atoms with Gasteiger partial charge in [-0.1, -0.05) is 54.6 Å². The molecule has 0 fully saturated rings. The van der Waals surface area contributed by atoms with E-state index < -0.39 is 0 Å². The molecule has 0 radical (unpaired) electrons. The Hall–Kier alpha value is -3.64. The fourth-order valence-electron chi connectivity index (χ4n) is 4.83. The molecule has 3 aromatic rings. The highest BCUT2D eigenvalue weighted by Crippen LogP contribution is 2.39. The van der Waals surface area contributed by atoms with Crippen molar-refractivity contribution < 1.29 is 14.3 Å². The largest absolute Gasteiger partial charge is 0.497 e. The van der Waals surface area contributed by atoms with Crippen LogP contribution in [0.1, 0.15) is 34.7 Å². The predicted molar refractivity (Wildman–Crippen MR) is 132 cm³/mol. The zero-order valence-electron chi connectivity index (χ0n) is 19.6. The number of fused-ring (bicyclic) bond motifs is 1. The van der Waals surface area contributed by atoms with Gasteiger partial charge in [0.2, 0.25) is 0 Å². The number of methoxy groups -OCH3 is 2. The lowest BCUT2D eigenvalue weighted by Crippen LogP contribution is -2.40. The van der Waals surface area contributed by atoms with Crippen molar-refractivity contribution >= 4 is 11.6 Å². The average molecular weight is 456 g/mol. The summed E-state index contributed by atoms with van der Waals surface area (Å²) in [6.45, 7) is 1.97. The summed E-state index contributed by atoms with van der Waals surface area (Å²) in [5.41, 5.74) is 5.53. The van der Waals surface area contributed by atoms with Gasteiger partial charge in [-0.2, -0.15) is 5.10 Å². The van der Waals surface area contributed by atoms with Crippen LogP contribution in [-0.4, -0.2) is 48.8 Å². The molecule has 6 nitrogen and oxygen atoms in total. The molecular formula is C28H29N3O3. The van der Waals surface area contributed by atoms with E-state index in [0.717, 1.165) is 36.3 Å². The maximum absolute atomic E-state index is 13.6. The van der Waals surface area contributed by atoms with E-state index in [1.54, 1.807) is 19.2 Å². The van der Waals surface area contributed by atoms with Crippen LogP contribution in [0.5, 0.6) is 11.5 Å². The minimum Gasteiger partial charge on any atom is -0.497 e. The van der Waals surface area contributed by atoms with Crippen molar-refractivity contribution in [2.75, 3.05) is 27.3 Å². The molecule has 34 heavy (non-hydrogen) atoms. The number of hydrazone groups is 1. The minimum absolute atomic E-state index is 0.00631. The second kappa shape index (κ2) is 9.69. The van der Waals surface area contributed by atoms with Gasteiger partial charge in [-0.3, -0.25) is 9.69 Å². The molecule has 3 aromatic carbocycles. The smallest absolute Gasteiger partial charge is 0.257 e. The fraction of sp³-hybridized carbons (Fsp3) is 0.286. The quantitative estimate of drug-likeness (QED) is 0.552. The molecule has 0 unspecified atom stereocenters. The molecule has 0 aromatic heterocycles. The molecule has 2 aliphatic rings. The fourth-order valence-corrected chi connectivity index (χ4v) is 4.83. The summed E-state index contributed by atoms with van der Waals surface area (Å²) in [5.74, 6) is 1.40. The summed E-state index contributed by atoms with van der Waals surface area (Å²) in [6, 6.07) is 24.0. The molecule has 6 heteroatoms. The van der Waals surface area contributed by atoms with Gasteiger partial charge in [-0.25, -0.2) is 5.01 Å². The van der Waals surface area contributed by atoms with Crippen molar-refractivity contribution in [3.63, 3.8) is 0 Å². The zero-order valence-corrected chi connectivity index (χ0v) is 19.6. The third-order valence-electron chi connectivity index (χ3n) is 6.64. The highest BCUT2D eigenvalue weighted by atomic mass is 16.5. The van der Waals surface area contributed by atoms with Crippen molar-refractivity contribution in [2.45, 2.75) is 25.4 Å². The molecule has 2 heterocycles. The van der Waals surface area contributed by atoms with Crippen molar-refractivity contribution in [1.82, 2.24) is 9.91 Å². The molecule has 0 bridgehead atoms. The Labute approximate surface area is 200 Å². The summed E-state index contributed by atoms with van der Waals surface area (Å²) < 4.78 is 11.1. The Morgan fingerprint density at radius 3 is 2.50 bits per heavy atom. The lowest BCUT2D eigenvalue weighted by atomic mass is 9.97. The second-order valence-electron chi connectivity index (χ2n) is 8.71. The molecule has 174 valence electrons. The van der Waals surface area contributed by atoms with Crippen molar-refractivity contribution in [3.8, 4) is 11.5 Å². The lowest BCUT2D eigenvalue weighted by Gasteiger charge is -2.30. The maximum atomic E-state index is 13.6. The molecular weight excluding hydrogens is 426 g/mol. The van der Waals surface area contributed by atoms with E-state index in [9.17, 15) is 4.79 Å². The average Bonchev–Trinajstić information content (AvgIpc) is 3.34. The van der Waals surface area contributed by atoms with Crippen LogP contribution in [0.25, 0.3) is 0 Å². The summed E-state index contributed by atoms with van der Waals surface area (Å²) in [6.07, 6.45) is 1.58. The van der Waals surface area contributed by atoms with Crippen LogP contribution in [0.3, 0.4) is 0 Å². The summed E-state index contributed by atoms with van der Waals surface area (Å²) >= 11 is 0. The van der Waals surface area contributed by atoms with Gasteiger partial charge < -0.3 is 9.47 Å². The molecule has 0 saturated carbocycles. The van der Waals surface area contributed by atoms with Gasteiger partial charge in [0.1, 0.15) is 11.5 Å². The van der Waals surface area contributed by atoms with Crippen LogP contribution in [-0.2, 0) is 17.8 Å². The number of rotatable bonds is 6. The Bertz CT molecular complexity index is 1210. The summed E-state index contributed by atoms with van der Waals surface area (Å²) in [7, 11) is 3.27. The van der Waals surface area contributed by atoms with E-state index in [-0.39, 0.29) is 11.9 Å². The Morgan fingerprint density at radius 1 is 0.971 bits per heavy atom. The second-order valence-corrected chi connectivity index (χ2v) is 8.71. The number of carbonyl (C=O) groups is 1. The first-order valence-electron chi connectivity index (χ1n) is 11.6. The van der Waals surface area contributed by atoms with E-state index in [4.69, 9.17) is 14.6 Å². The van der Waals surface area contributed by atoms with Crippen molar-refractivity contribution in [1.29, 1.82) is 0 Å². The summed E-state index contributed by atoms with van der Waals surface area (Å²) in [4.78, 5) is 15.8. The molecule has 2 aliphatic heterocycles. The Kier molecular flexibility index (Phi) is 6.32. The van der Waals surface area contributed by atoms with Gasteiger partial charge in [-0.05, 0) is 35.2 Å². The molecule has 0 aliphatic carbocycles. The van der Waals surface area contributed by atoms with Crippen LogP contribution in [0.15, 0.2) is 77.9 Å². The molecule has 1 atom stereocenters. The van der Waals surface area contributed by atoms with E-state index >= 15 is 0 Å². The Morgan fingerprint density at radius 2 is 1.74 bits per heavy atom. The van der Waals surface area contributed by atoms with Crippen LogP contribution in [0, 0.1) is 0 Å². The molecule has 5 rings (SSSR count). The maximum Gasteiger partial charge on any atom is 0.257 e. The number of ether oxygens (including phenoxy) is 2. The molecule has 0 N–H and O–H groups in total. The van der Waals surface area contributed by atoms with E-state index in [1.165, 1.54) is 11.1 Å². The van der Waals surface area contributed by atoms with Gasteiger partial charge >= 0.3 is 0 Å². The number of hydrogen-bond donors (Lipinski definition) is 0. The molecule has 0 spiro atoms. The normalized spacial score (nSPS) is 17.8. The van der Waals surface area contributed by atoms with E-state index in [0.29, 0.717) is 24.5 Å². The van der Waals surface area contributed by atoms with Gasteiger partial charge in [0.15, 0.2) is 0 Å². The predicted octanol–water partition coefficient (Wildman–Crippen LogP) is 4.44. The van der Waals surface area contributed by atoms with Crippen LogP contribution >= 0.6 is 0 Å². The number of benzene rings is 3. The zero-order chi connectivity index (χ0) is 23.5. The number of amides is 1. The number of carbonyl (C=O) groups excluding carboxylic acids is 1. The SMILES string of the molecule is COc1ccc([C@H]2CC(c3ccccc3)=NN2C(=O)CN2CCc3ccccc3C2)c(OC)c1. The van der Waals surface area contributed by atoms with E-state index in [1.807, 2.05) is 48.5 Å². The topological polar surface area (TPSA) is 54.4 Å². The van der Waals surface area contributed by atoms with Crippen molar-refractivity contribution in [2.24, 2.45) is 5.10 Å². The molecule has 1 amide bonds. The van der Waals surface area contributed by atoms with Gasteiger partial charge in [0, 0.05) is 31.1 Å². The first-order valence-corrected chi connectivity index (χ1v) is 11.6. The van der Waals surface area contributed by atoms with Crippen LogP contribution in [0.4, 0.5) is 0 Å². The van der Waals surface area contributed by atoms with E-state index in [2.05, 4.69) is 29.2 Å². The van der Waals surface area contributed by atoms with Crippen LogP contribution < -0.4 is 9.47 Å². The van der Waals surface area contributed by atoms with Crippen LogP contribution in [0.2, 0.25) is 0 Å². The number of nitrogens with zero attached hydrogens (tertiary/aromatic N) is 3. The Balaban J connectivity index is 1.43. The highest BCUT2D eigenvalue weighted by Gasteiger charge is 2.35. The monoisotopic (exact) mass is 455 g/mol. The first kappa shape index (κ1) is 22.2.